The van der Waals surface area contributed by atoms with Crippen LogP contribution < -0.4 is 33.0 Å². The minimum absolute atomic E-state index is 0.124. The van der Waals surface area contributed by atoms with Gasteiger partial charge in [-0.3, -0.25) is 14.4 Å². The van der Waals surface area contributed by atoms with E-state index in [1.807, 2.05) is 13.8 Å². The van der Waals surface area contributed by atoms with E-state index in [0.29, 0.717) is 43.5 Å². The number of nitrogens with one attached hydrogen (secondary N) is 3. The smallest absolute Gasteiger partial charge is 0.336 e. The van der Waals surface area contributed by atoms with Gasteiger partial charge in [0.1, 0.15) is 17.7 Å². The van der Waals surface area contributed by atoms with Crippen LogP contribution in [0.2, 0.25) is 0 Å². The summed E-state index contributed by atoms with van der Waals surface area (Å²) < 4.78 is 5.25. The quantitative estimate of drug-likeness (QED) is 0.223. The minimum atomic E-state index is -0.851. The number of anilines is 1. The second kappa shape index (κ2) is 13.0. The average Bonchev–Trinajstić information content (AvgIpc) is 2.77. The first-order chi connectivity index (χ1) is 16.5. The van der Waals surface area contributed by atoms with E-state index in [-0.39, 0.29) is 5.92 Å². The average molecular weight is 488 g/mol. The van der Waals surface area contributed by atoms with E-state index < -0.39 is 41.5 Å². The Kier molecular flexibility index (Phi) is 10.4. The highest BCUT2D eigenvalue weighted by molar-refractivity contribution is 5.99. The monoisotopic (exact) mass is 487 g/mol. The standard InChI is InChI=1S/C25H37N5O5/c1-14(2)11-20(30-23(32)16(4)27)25(34)29-19(7-5-6-10-26)24(33)28-17-8-9-18-15(3)12-22(31)35-21(18)13-17/h8-9,12-14,16,19-20H,5-7,10-11,26-27H2,1-4H3,(H,28,33)(H,29,34)(H,30,32)/t16-,19+,20+/m0/s1. The Morgan fingerprint density at radius 1 is 0.971 bits per heavy atom. The summed E-state index contributed by atoms with van der Waals surface area (Å²) in [6, 6.07) is 4.00. The second-order valence-corrected chi connectivity index (χ2v) is 9.27. The van der Waals surface area contributed by atoms with E-state index >= 15 is 0 Å². The van der Waals surface area contributed by atoms with Crippen LogP contribution in [0.5, 0.6) is 0 Å². The van der Waals surface area contributed by atoms with Gasteiger partial charge in [0.15, 0.2) is 0 Å². The van der Waals surface area contributed by atoms with Gasteiger partial charge in [0.05, 0.1) is 6.04 Å². The predicted octanol–water partition coefficient (Wildman–Crippen LogP) is 1.53. The van der Waals surface area contributed by atoms with Gasteiger partial charge in [-0.1, -0.05) is 13.8 Å². The SMILES string of the molecule is Cc1cc(=O)oc2cc(NC(=O)[C@@H](CCCCN)NC(=O)[C@@H](CC(C)C)NC(=O)[C@H](C)N)ccc12. The fourth-order valence-corrected chi connectivity index (χ4v) is 3.67. The molecule has 3 atom stereocenters. The molecule has 10 heteroatoms. The first-order valence-electron chi connectivity index (χ1n) is 11.9. The summed E-state index contributed by atoms with van der Waals surface area (Å²) in [5, 5.41) is 9.00. The molecule has 35 heavy (non-hydrogen) atoms. The number of nitrogens with two attached hydrogens (primary N) is 2. The van der Waals surface area contributed by atoms with Crippen molar-refractivity contribution in [3.05, 3.63) is 40.2 Å². The van der Waals surface area contributed by atoms with Gasteiger partial charge in [0, 0.05) is 23.2 Å². The molecule has 2 aromatic rings. The summed E-state index contributed by atoms with van der Waals surface area (Å²) in [6.07, 6.45) is 2.08. The Hall–Kier alpha value is -3.24. The topological polar surface area (TPSA) is 170 Å². The molecule has 0 aliphatic rings. The van der Waals surface area contributed by atoms with Crippen LogP contribution in [0.4, 0.5) is 5.69 Å². The van der Waals surface area contributed by atoms with Crippen molar-refractivity contribution in [1.29, 1.82) is 0 Å². The lowest BCUT2D eigenvalue weighted by Crippen LogP contribution is -2.55. The van der Waals surface area contributed by atoms with Crippen molar-refractivity contribution >= 4 is 34.4 Å². The van der Waals surface area contributed by atoms with Gasteiger partial charge in [-0.05, 0) is 69.7 Å². The number of aryl methyl sites for hydroxylation is 1. The molecule has 0 aliphatic carbocycles. The van der Waals surface area contributed by atoms with Gasteiger partial charge in [-0.2, -0.15) is 0 Å². The third-order valence-corrected chi connectivity index (χ3v) is 5.55. The van der Waals surface area contributed by atoms with Crippen molar-refractivity contribution in [2.45, 2.75) is 71.5 Å². The molecule has 2 rings (SSSR count). The van der Waals surface area contributed by atoms with Crippen molar-refractivity contribution in [1.82, 2.24) is 10.6 Å². The number of carbonyl (C=O) groups excluding carboxylic acids is 3. The van der Waals surface area contributed by atoms with E-state index in [1.165, 1.54) is 13.0 Å². The molecule has 0 unspecified atom stereocenters. The van der Waals surface area contributed by atoms with Crippen LogP contribution in [0.3, 0.4) is 0 Å². The number of hydrogen-bond donors (Lipinski definition) is 5. The van der Waals surface area contributed by atoms with Crippen LogP contribution in [-0.4, -0.2) is 42.4 Å². The maximum atomic E-state index is 13.1. The molecular formula is C25H37N5O5. The highest BCUT2D eigenvalue weighted by Gasteiger charge is 2.28. The molecule has 192 valence electrons. The molecule has 1 aromatic heterocycles. The number of fused-ring (bicyclic) bond motifs is 1. The maximum Gasteiger partial charge on any atom is 0.336 e. The molecule has 0 spiro atoms. The summed E-state index contributed by atoms with van der Waals surface area (Å²) in [4.78, 5) is 50.0. The Balaban J connectivity index is 2.21. The molecule has 0 bridgehead atoms. The molecule has 1 aromatic carbocycles. The van der Waals surface area contributed by atoms with E-state index in [0.717, 1.165) is 10.9 Å². The van der Waals surface area contributed by atoms with Crippen molar-refractivity contribution in [2.24, 2.45) is 17.4 Å². The normalized spacial score (nSPS) is 13.8. The third kappa shape index (κ3) is 8.48. The van der Waals surface area contributed by atoms with E-state index in [2.05, 4.69) is 16.0 Å². The number of carbonyl (C=O) groups is 3. The number of hydrogen-bond acceptors (Lipinski definition) is 7. The zero-order valence-electron chi connectivity index (χ0n) is 20.9. The van der Waals surface area contributed by atoms with Crippen LogP contribution in [-0.2, 0) is 14.4 Å². The van der Waals surface area contributed by atoms with Gasteiger partial charge < -0.3 is 31.8 Å². The summed E-state index contributed by atoms with van der Waals surface area (Å²) in [6.45, 7) is 7.67. The third-order valence-electron chi connectivity index (χ3n) is 5.55. The van der Waals surface area contributed by atoms with Crippen LogP contribution >= 0.6 is 0 Å². The Bertz CT molecular complexity index is 1100. The van der Waals surface area contributed by atoms with E-state index in [4.69, 9.17) is 15.9 Å². The van der Waals surface area contributed by atoms with Gasteiger partial charge in [-0.25, -0.2) is 4.79 Å². The fraction of sp³-hybridized carbons (Fsp3) is 0.520. The van der Waals surface area contributed by atoms with Gasteiger partial charge >= 0.3 is 5.63 Å². The second-order valence-electron chi connectivity index (χ2n) is 9.27. The zero-order valence-corrected chi connectivity index (χ0v) is 20.9. The van der Waals surface area contributed by atoms with E-state index in [9.17, 15) is 19.2 Å². The van der Waals surface area contributed by atoms with Crippen LogP contribution in [0.25, 0.3) is 11.0 Å². The Morgan fingerprint density at radius 2 is 1.66 bits per heavy atom. The molecule has 0 aliphatic heterocycles. The van der Waals surface area contributed by atoms with Gasteiger partial charge in [0.2, 0.25) is 17.7 Å². The number of amides is 3. The lowest BCUT2D eigenvalue weighted by molar-refractivity contribution is -0.131. The molecule has 0 saturated heterocycles. The summed E-state index contributed by atoms with van der Waals surface area (Å²) in [5.41, 5.74) is 12.3. The van der Waals surface area contributed by atoms with Crippen LogP contribution in [0.15, 0.2) is 33.5 Å². The van der Waals surface area contributed by atoms with Crippen molar-refractivity contribution in [3.8, 4) is 0 Å². The molecule has 3 amide bonds. The first kappa shape index (κ1) is 28.0. The summed E-state index contributed by atoms with van der Waals surface area (Å²) >= 11 is 0. The highest BCUT2D eigenvalue weighted by Crippen LogP contribution is 2.21. The molecule has 0 fully saturated rings. The minimum Gasteiger partial charge on any atom is -0.423 e. The predicted molar refractivity (Wildman–Crippen MR) is 136 cm³/mol. The van der Waals surface area contributed by atoms with E-state index in [1.54, 1.807) is 25.1 Å². The van der Waals surface area contributed by atoms with Gasteiger partial charge in [-0.15, -0.1) is 0 Å². The van der Waals surface area contributed by atoms with Crippen molar-refractivity contribution < 1.29 is 18.8 Å². The molecule has 7 N–H and O–H groups in total. The Labute approximate surface area is 205 Å². The van der Waals surface area contributed by atoms with Crippen LogP contribution in [0.1, 0.15) is 52.0 Å². The van der Waals surface area contributed by atoms with Crippen molar-refractivity contribution in [3.63, 3.8) is 0 Å². The fourth-order valence-electron chi connectivity index (χ4n) is 3.67. The maximum absolute atomic E-state index is 13.1. The largest absolute Gasteiger partial charge is 0.423 e. The molecular weight excluding hydrogens is 450 g/mol. The number of rotatable bonds is 12. The Morgan fingerprint density at radius 3 is 2.29 bits per heavy atom. The number of unbranched alkanes of at least 4 members (excludes halogenated alkanes) is 1. The molecule has 1 heterocycles. The first-order valence-corrected chi connectivity index (χ1v) is 11.9. The highest BCUT2D eigenvalue weighted by atomic mass is 16.4. The summed E-state index contributed by atoms with van der Waals surface area (Å²) in [5.74, 6) is -1.20. The van der Waals surface area contributed by atoms with Crippen molar-refractivity contribution in [2.75, 3.05) is 11.9 Å². The van der Waals surface area contributed by atoms with Crippen LogP contribution in [0, 0.1) is 12.8 Å². The lowest BCUT2D eigenvalue weighted by Gasteiger charge is -2.25. The zero-order chi connectivity index (χ0) is 26.1. The molecule has 0 saturated carbocycles. The van der Waals surface area contributed by atoms with Gasteiger partial charge in [0.25, 0.3) is 0 Å². The summed E-state index contributed by atoms with van der Waals surface area (Å²) in [7, 11) is 0. The lowest BCUT2D eigenvalue weighted by atomic mass is 10.0. The molecule has 10 nitrogen and oxygen atoms in total. The number of benzene rings is 1. The molecule has 0 radical (unpaired) electrons.